The second-order valence-electron chi connectivity index (χ2n) is 6.59. The van der Waals surface area contributed by atoms with Gasteiger partial charge in [0, 0.05) is 23.5 Å². The van der Waals surface area contributed by atoms with Gasteiger partial charge in [-0.3, -0.25) is 4.79 Å². The van der Waals surface area contributed by atoms with Crippen LogP contribution in [-0.2, 0) is 6.54 Å². The molecule has 0 atom stereocenters. The molecule has 1 N–H and O–H groups in total. The van der Waals surface area contributed by atoms with Crippen LogP contribution in [0.25, 0.3) is 0 Å². The molecule has 0 bridgehead atoms. The van der Waals surface area contributed by atoms with E-state index in [1.807, 2.05) is 50.2 Å². The van der Waals surface area contributed by atoms with Gasteiger partial charge in [0.1, 0.15) is 6.61 Å². The van der Waals surface area contributed by atoms with E-state index in [0.717, 1.165) is 17.9 Å². The molecule has 0 unspecified atom stereocenters. The third kappa shape index (κ3) is 4.61. The first-order valence-electron chi connectivity index (χ1n) is 9.29. The highest BCUT2D eigenvalue weighted by atomic mass is 16.5. The lowest BCUT2D eigenvalue weighted by Crippen LogP contribution is -2.14. The minimum Gasteiger partial charge on any atom is -0.487 e. The predicted molar refractivity (Wildman–Crippen MR) is 108 cm³/mol. The topological polar surface area (TPSA) is 60.7 Å². The quantitative estimate of drug-likeness (QED) is 0.575. The Hall–Kier alpha value is -3.05. The Bertz CT molecular complexity index is 931. The third-order valence-electron chi connectivity index (χ3n) is 4.61. The van der Waals surface area contributed by atoms with E-state index in [1.165, 1.54) is 5.56 Å². The van der Waals surface area contributed by atoms with Crippen LogP contribution >= 0.6 is 0 Å². The molecule has 146 valence electrons. The van der Waals surface area contributed by atoms with E-state index >= 15 is 0 Å². The van der Waals surface area contributed by atoms with Gasteiger partial charge < -0.3 is 19.1 Å². The number of benzene rings is 2. The van der Waals surface area contributed by atoms with Crippen LogP contribution in [0, 0.1) is 13.8 Å². The van der Waals surface area contributed by atoms with Gasteiger partial charge >= 0.3 is 0 Å². The molecule has 3 aromatic rings. The van der Waals surface area contributed by atoms with Gasteiger partial charge in [0.2, 0.25) is 5.78 Å². The summed E-state index contributed by atoms with van der Waals surface area (Å²) in [7, 11) is 0. The molecule has 0 spiro atoms. The molecule has 0 aliphatic heterocycles. The van der Waals surface area contributed by atoms with E-state index in [2.05, 4.69) is 16.7 Å². The number of Topliss-reactive ketones (excluding diaryl/α,β-unsaturated/α-hetero) is 1. The Morgan fingerprint density at radius 2 is 1.61 bits per heavy atom. The van der Waals surface area contributed by atoms with Crippen molar-refractivity contribution < 1.29 is 19.4 Å². The fourth-order valence-corrected chi connectivity index (χ4v) is 3.16. The van der Waals surface area contributed by atoms with Gasteiger partial charge in [-0.1, -0.05) is 42.5 Å². The Labute approximate surface area is 165 Å². The SMILES string of the molecule is Cc1cc(C(=O)COc2ccccc2OCCO)c(C)n1Cc1ccccc1. The first-order valence-corrected chi connectivity index (χ1v) is 9.29. The molecule has 0 aliphatic carbocycles. The monoisotopic (exact) mass is 379 g/mol. The van der Waals surface area contributed by atoms with Crippen molar-refractivity contribution in [3.05, 3.63) is 83.2 Å². The minimum absolute atomic E-state index is 0.0743. The summed E-state index contributed by atoms with van der Waals surface area (Å²) in [4.78, 5) is 12.8. The molecular weight excluding hydrogens is 354 g/mol. The van der Waals surface area contributed by atoms with Crippen molar-refractivity contribution in [2.45, 2.75) is 20.4 Å². The average Bonchev–Trinajstić information content (AvgIpc) is 3.00. The zero-order valence-corrected chi connectivity index (χ0v) is 16.2. The zero-order chi connectivity index (χ0) is 19.9. The predicted octanol–water partition coefficient (Wildman–Crippen LogP) is 3.79. The van der Waals surface area contributed by atoms with E-state index in [1.54, 1.807) is 12.1 Å². The molecule has 0 amide bonds. The summed E-state index contributed by atoms with van der Waals surface area (Å²) in [5.74, 6) is 0.922. The van der Waals surface area contributed by atoms with Crippen LogP contribution in [0.5, 0.6) is 11.5 Å². The van der Waals surface area contributed by atoms with Crippen LogP contribution in [0.4, 0.5) is 0 Å². The Morgan fingerprint density at radius 1 is 0.964 bits per heavy atom. The standard InChI is InChI=1S/C23H25NO4/c1-17-14-20(18(2)24(17)15-19-8-4-3-5-9-19)21(26)16-28-23-11-7-6-10-22(23)27-13-12-25/h3-11,14,25H,12-13,15-16H2,1-2H3. The number of para-hydroxylation sites is 2. The van der Waals surface area contributed by atoms with Gasteiger partial charge in [0.05, 0.1) is 6.61 Å². The molecule has 1 heterocycles. The molecule has 0 radical (unpaired) electrons. The number of rotatable bonds is 9. The normalized spacial score (nSPS) is 10.7. The number of ether oxygens (including phenoxy) is 2. The molecule has 5 nitrogen and oxygen atoms in total. The van der Waals surface area contributed by atoms with Gasteiger partial charge in [-0.05, 0) is 37.6 Å². The number of nitrogens with zero attached hydrogens (tertiary/aromatic N) is 1. The number of aliphatic hydroxyl groups is 1. The highest BCUT2D eigenvalue weighted by Gasteiger charge is 2.17. The maximum Gasteiger partial charge on any atom is 0.202 e. The number of carbonyl (C=O) groups is 1. The summed E-state index contributed by atoms with van der Waals surface area (Å²) in [6, 6.07) is 19.2. The summed E-state index contributed by atoms with van der Waals surface area (Å²) < 4.78 is 13.3. The van der Waals surface area contributed by atoms with Crippen molar-refractivity contribution >= 4 is 5.78 Å². The first-order chi connectivity index (χ1) is 13.6. The first kappa shape index (κ1) is 19.7. The van der Waals surface area contributed by atoms with Crippen molar-refractivity contribution in [1.29, 1.82) is 0 Å². The van der Waals surface area contributed by atoms with Crippen LogP contribution in [0.2, 0.25) is 0 Å². The lowest BCUT2D eigenvalue weighted by atomic mass is 10.1. The van der Waals surface area contributed by atoms with Gasteiger partial charge in [0.25, 0.3) is 0 Å². The van der Waals surface area contributed by atoms with E-state index in [-0.39, 0.29) is 25.6 Å². The van der Waals surface area contributed by atoms with Crippen LogP contribution in [0.15, 0.2) is 60.7 Å². The average molecular weight is 379 g/mol. The zero-order valence-electron chi connectivity index (χ0n) is 16.2. The Balaban J connectivity index is 1.71. The van der Waals surface area contributed by atoms with E-state index in [4.69, 9.17) is 14.6 Å². The summed E-state index contributed by atoms with van der Waals surface area (Å²) in [5.41, 5.74) is 3.83. The van der Waals surface area contributed by atoms with Crippen LogP contribution in [0.3, 0.4) is 0 Å². The summed E-state index contributed by atoms with van der Waals surface area (Å²) in [5, 5.41) is 8.93. The molecule has 0 aliphatic rings. The molecule has 3 rings (SSSR count). The highest BCUT2D eigenvalue weighted by Crippen LogP contribution is 2.27. The number of hydrogen-bond donors (Lipinski definition) is 1. The number of carbonyl (C=O) groups excluding carboxylic acids is 1. The number of hydrogen-bond acceptors (Lipinski definition) is 4. The smallest absolute Gasteiger partial charge is 0.202 e. The maximum atomic E-state index is 12.8. The molecule has 0 fully saturated rings. The van der Waals surface area contributed by atoms with Crippen LogP contribution < -0.4 is 9.47 Å². The lowest BCUT2D eigenvalue weighted by molar-refractivity contribution is 0.0917. The van der Waals surface area contributed by atoms with Gasteiger partial charge in [0.15, 0.2) is 18.1 Å². The molecule has 0 saturated heterocycles. The van der Waals surface area contributed by atoms with Crippen molar-refractivity contribution in [3.8, 4) is 11.5 Å². The fraction of sp³-hybridized carbons (Fsp3) is 0.261. The Morgan fingerprint density at radius 3 is 2.29 bits per heavy atom. The van der Waals surface area contributed by atoms with Gasteiger partial charge in [-0.25, -0.2) is 0 Å². The van der Waals surface area contributed by atoms with Crippen LogP contribution in [0.1, 0.15) is 27.3 Å². The van der Waals surface area contributed by atoms with Crippen LogP contribution in [-0.4, -0.2) is 35.3 Å². The Kier molecular flexibility index (Phi) is 6.50. The number of ketones is 1. The second-order valence-corrected chi connectivity index (χ2v) is 6.59. The molecule has 1 aromatic heterocycles. The second kappa shape index (κ2) is 9.24. The van der Waals surface area contributed by atoms with Crippen molar-refractivity contribution in [3.63, 3.8) is 0 Å². The summed E-state index contributed by atoms with van der Waals surface area (Å²) in [6.45, 7) is 4.71. The third-order valence-corrected chi connectivity index (χ3v) is 4.61. The largest absolute Gasteiger partial charge is 0.487 e. The van der Waals surface area contributed by atoms with E-state index < -0.39 is 0 Å². The summed E-state index contributed by atoms with van der Waals surface area (Å²) >= 11 is 0. The van der Waals surface area contributed by atoms with E-state index in [9.17, 15) is 4.79 Å². The summed E-state index contributed by atoms with van der Waals surface area (Å²) in [6.07, 6.45) is 0. The van der Waals surface area contributed by atoms with Crippen molar-refractivity contribution in [2.24, 2.45) is 0 Å². The van der Waals surface area contributed by atoms with Crippen molar-refractivity contribution in [2.75, 3.05) is 19.8 Å². The molecule has 5 heteroatoms. The molecule has 0 saturated carbocycles. The highest BCUT2D eigenvalue weighted by molar-refractivity contribution is 5.98. The number of aromatic nitrogens is 1. The molecule has 28 heavy (non-hydrogen) atoms. The molecular formula is C23H25NO4. The lowest BCUT2D eigenvalue weighted by Gasteiger charge is -2.12. The van der Waals surface area contributed by atoms with Gasteiger partial charge in [-0.15, -0.1) is 0 Å². The maximum absolute atomic E-state index is 12.8. The number of aliphatic hydroxyl groups excluding tert-OH is 1. The van der Waals surface area contributed by atoms with E-state index in [0.29, 0.717) is 17.1 Å². The fourth-order valence-electron chi connectivity index (χ4n) is 3.16. The van der Waals surface area contributed by atoms with Gasteiger partial charge in [-0.2, -0.15) is 0 Å². The number of aryl methyl sites for hydroxylation is 1. The minimum atomic E-state index is -0.0827. The van der Waals surface area contributed by atoms with Crippen molar-refractivity contribution in [1.82, 2.24) is 4.57 Å². The molecule has 2 aromatic carbocycles.